The van der Waals surface area contributed by atoms with Crippen molar-refractivity contribution < 1.29 is 14.3 Å². The highest BCUT2D eigenvalue weighted by molar-refractivity contribution is 7.12. The number of hydrogen-bond donors (Lipinski definition) is 1. The summed E-state index contributed by atoms with van der Waals surface area (Å²) < 4.78 is 6.34. The molecule has 6 nitrogen and oxygen atoms in total. The number of carbonyl (C=O) groups excluding carboxylic acids is 2. The third-order valence-corrected chi connectivity index (χ3v) is 3.82. The number of nitrogens with one attached hydrogen (secondary N) is 1. The Morgan fingerprint density at radius 3 is 2.86 bits per heavy atom. The molecular formula is C14H15N3O3S. The first kappa shape index (κ1) is 15.0. The van der Waals surface area contributed by atoms with Crippen LogP contribution in [0.5, 0.6) is 0 Å². The van der Waals surface area contributed by atoms with Crippen molar-refractivity contribution in [1.29, 1.82) is 0 Å². The minimum atomic E-state index is -0.459. The minimum Gasteiger partial charge on any atom is -0.465 e. The molecule has 0 atom stereocenters. The van der Waals surface area contributed by atoms with Crippen molar-refractivity contribution in [2.24, 2.45) is 7.05 Å². The number of hydrogen-bond acceptors (Lipinski definition) is 5. The Labute approximate surface area is 126 Å². The van der Waals surface area contributed by atoms with Gasteiger partial charge in [-0.25, -0.2) is 4.79 Å². The number of thiophene rings is 1. The van der Waals surface area contributed by atoms with Gasteiger partial charge < -0.3 is 10.1 Å². The molecule has 0 spiro atoms. The van der Waals surface area contributed by atoms with Crippen molar-refractivity contribution in [1.82, 2.24) is 9.78 Å². The Morgan fingerprint density at radius 2 is 2.24 bits per heavy atom. The highest BCUT2D eigenvalue weighted by Crippen LogP contribution is 2.28. The molecule has 21 heavy (non-hydrogen) atoms. The summed E-state index contributed by atoms with van der Waals surface area (Å²) in [5.41, 5.74) is 2.14. The number of nitrogens with zero attached hydrogens (tertiary/aromatic N) is 2. The van der Waals surface area contributed by atoms with E-state index in [1.54, 1.807) is 35.6 Å². The molecule has 110 valence electrons. The number of anilines is 1. The van der Waals surface area contributed by atoms with Crippen LogP contribution in [0, 0.1) is 6.92 Å². The van der Waals surface area contributed by atoms with Crippen LogP contribution in [0.1, 0.15) is 20.8 Å². The second kappa shape index (κ2) is 6.36. The van der Waals surface area contributed by atoms with E-state index in [-0.39, 0.29) is 5.91 Å². The zero-order valence-electron chi connectivity index (χ0n) is 11.9. The van der Waals surface area contributed by atoms with Crippen LogP contribution in [0.15, 0.2) is 23.8 Å². The Bertz CT molecular complexity index is 700. The van der Waals surface area contributed by atoms with E-state index in [1.807, 2.05) is 6.92 Å². The first-order valence-electron chi connectivity index (χ1n) is 6.15. The van der Waals surface area contributed by atoms with Crippen LogP contribution in [0.25, 0.3) is 6.08 Å². The fourth-order valence-electron chi connectivity index (χ4n) is 1.71. The molecule has 1 N–H and O–H groups in total. The van der Waals surface area contributed by atoms with Crippen molar-refractivity contribution in [3.63, 3.8) is 0 Å². The van der Waals surface area contributed by atoms with Crippen molar-refractivity contribution >= 4 is 35.0 Å². The molecule has 0 aliphatic heterocycles. The van der Waals surface area contributed by atoms with Crippen LogP contribution in [0.3, 0.4) is 0 Å². The number of esters is 1. The van der Waals surface area contributed by atoms with Crippen LogP contribution >= 0.6 is 11.3 Å². The fourth-order valence-corrected chi connectivity index (χ4v) is 2.63. The van der Waals surface area contributed by atoms with Gasteiger partial charge in [-0.3, -0.25) is 9.48 Å². The molecule has 0 unspecified atom stereocenters. The van der Waals surface area contributed by atoms with Gasteiger partial charge in [0.15, 0.2) is 0 Å². The van der Waals surface area contributed by atoms with Gasteiger partial charge in [-0.2, -0.15) is 5.10 Å². The maximum atomic E-state index is 11.9. The molecule has 0 saturated heterocycles. The van der Waals surface area contributed by atoms with Crippen molar-refractivity contribution in [2.45, 2.75) is 6.92 Å². The van der Waals surface area contributed by atoms with Crippen molar-refractivity contribution in [3.8, 4) is 0 Å². The molecule has 0 bridgehead atoms. The van der Waals surface area contributed by atoms with E-state index in [4.69, 9.17) is 4.74 Å². The van der Waals surface area contributed by atoms with Gasteiger partial charge in [0.1, 0.15) is 4.88 Å². The Kier molecular flexibility index (Phi) is 4.54. The number of aromatic nitrogens is 2. The van der Waals surface area contributed by atoms with E-state index in [0.29, 0.717) is 10.6 Å². The van der Waals surface area contributed by atoms with Crippen LogP contribution in [-0.2, 0) is 16.6 Å². The van der Waals surface area contributed by atoms with Crippen LogP contribution < -0.4 is 5.32 Å². The quantitative estimate of drug-likeness (QED) is 0.694. The molecule has 0 aromatic carbocycles. The number of ether oxygens (including phenoxy) is 1. The monoisotopic (exact) mass is 305 g/mol. The predicted octanol–water partition coefficient (Wildman–Crippen LogP) is 2.23. The summed E-state index contributed by atoms with van der Waals surface area (Å²) in [6, 6.07) is 0. The summed E-state index contributed by atoms with van der Waals surface area (Å²) in [5.74, 6) is -0.773. The number of aryl methyl sites for hydroxylation is 2. The maximum absolute atomic E-state index is 11.9. The lowest BCUT2D eigenvalue weighted by atomic mass is 10.2. The summed E-state index contributed by atoms with van der Waals surface area (Å²) >= 11 is 1.24. The number of rotatable bonds is 4. The molecule has 0 aliphatic carbocycles. The van der Waals surface area contributed by atoms with Crippen LogP contribution in [-0.4, -0.2) is 28.8 Å². The van der Waals surface area contributed by atoms with E-state index in [1.165, 1.54) is 24.5 Å². The summed E-state index contributed by atoms with van der Waals surface area (Å²) in [6.45, 7) is 1.82. The van der Waals surface area contributed by atoms with Gasteiger partial charge in [0.25, 0.3) is 0 Å². The minimum absolute atomic E-state index is 0.314. The Morgan fingerprint density at radius 1 is 1.48 bits per heavy atom. The second-order valence-corrected chi connectivity index (χ2v) is 5.26. The van der Waals surface area contributed by atoms with Crippen molar-refractivity contribution in [3.05, 3.63) is 39.9 Å². The van der Waals surface area contributed by atoms with Gasteiger partial charge in [-0.1, -0.05) is 0 Å². The molecule has 2 aromatic heterocycles. The van der Waals surface area contributed by atoms with Crippen LogP contribution in [0.2, 0.25) is 0 Å². The Hall–Kier alpha value is -2.41. The standard InChI is InChI=1S/C14H15N3O3S/c1-9-8-21-13(14(19)20-3)12(9)16-11(18)5-4-10-6-15-17(2)7-10/h4-8H,1-3H3,(H,16,18)/b5-4+. The molecule has 0 saturated carbocycles. The molecule has 0 fully saturated rings. The lowest BCUT2D eigenvalue weighted by Crippen LogP contribution is -2.11. The highest BCUT2D eigenvalue weighted by Gasteiger charge is 2.17. The normalized spacial score (nSPS) is 10.8. The molecule has 1 amide bonds. The van der Waals surface area contributed by atoms with Gasteiger partial charge in [0.05, 0.1) is 19.0 Å². The second-order valence-electron chi connectivity index (χ2n) is 4.38. The largest absolute Gasteiger partial charge is 0.465 e. The molecule has 0 radical (unpaired) electrons. The van der Waals surface area contributed by atoms with Gasteiger partial charge in [0, 0.05) is 24.9 Å². The van der Waals surface area contributed by atoms with E-state index in [9.17, 15) is 9.59 Å². The molecule has 7 heteroatoms. The SMILES string of the molecule is COC(=O)c1scc(C)c1NC(=O)/C=C/c1cnn(C)c1. The van der Waals surface area contributed by atoms with Crippen LogP contribution in [0.4, 0.5) is 5.69 Å². The van der Waals surface area contributed by atoms with E-state index in [2.05, 4.69) is 10.4 Å². The number of amides is 1. The molecule has 0 aliphatic rings. The molecule has 2 heterocycles. The zero-order chi connectivity index (χ0) is 15.4. The number of methoxy groups -OCH3 is 1. The summed E-state index contributed by atoms with van der Waals surface area (Å²) in [5, 5.41) is 8.51. The van der Waals surface area contributed by atoms with Crippen molar-refractivity contribution in [2.75, 3.05) is 12.4 Å². The fraction of sp³-hybridized carbons (Fsp3) is 0.214. The smallest absolute Gasteiger partial charge is 0.350 e. The third kappa shape index (κ3) is 3.57. The third-order valence-electron chi connectivity index (χ3n) is 2.75. The predicted molar refractivity (Wildman–Crippen MR) is 81.3 cm³/mol. The maximum Gasteiger partial charge on any atom is 0.350 e. The Balaban J connectivity index is 2.11. The van der Waals surface area contributed by atoms with Gasteiger partial charge in [-0.05, 0) is 23.9 Å². The first-order valence-corrected chi connectivity index (χ1v) is 7.03. The lowest BCUT2D eigenvalue weighted by Gasteiger charge is -2.04. The topological polar surface area (TPSA) is 73.2 Å². The van der Waals surface area contributed by atoms with E-state index in [0.717, 1.165) is 11.1 Å². The summed E-state index contributed by atoms with van der Waals surface area (Å²) in [7, 11) is 3.11. The molecule has 2 aromatic rings. The van der Waals surface area contributed by atoms with Gasteiger partial charge >= 0.3 is 5.97 Å². The van der Waals surface area contributed by atoms with E-state index < -0.39 is 5.97 Å². The number of carbonyl (C=O) groups is 2. The van der Waals surface area contributed by atoms with E-state index >= 15 is 0 Å². The van der Waals surface area contributed by atoms with Gasteiger partial charge in [0.2, 0.25) is 5.91 Å². The lowest BCUT2D eigenvalue weighted by molar-refractivity contribution is -0.111. The summed E-state index contributed by atoms with van der Waals surface area (Å²) in [6.07, 6.45) is 6.50. The van der Waals surface area contributed by atoms with Gasteiger partial charge in [-0.15, -0.1) is 11.3 Å². The highest BCUT2D eigenvalue weighted by atomic mass is 32.1. The first-order chi connectivity index (χ1) is 10.0. The zero-order valence-corrected chi connectivity index (χ0v) is 12.7. The summed E-state index contributed by atoms with van der Waals surface area (Å²) in [4.78, 5) is 23.9. The molecule has 2 rings (SSSR count). The average Bonchev–Trinajstić information content (AvgIpc) is 3.03. The molecular weight excluding hydrogens is 290 g/mol. The average molecular weight is 305 g/mol.